The number of pyridine rings is 1. The van der Waals surface area contributed by atoms with E-state index >= 15 is 0 Å². The smallest absolute Gasteiger partial charge is 0.276 e. The van der Waals surface area contributed by atoms with Crippen molar-refractivity contribution in [3.05, 3.63) is 36.3 Å². The van der Waals surface area contributed by atoms with E-state index in [9.17, 15) is 9.59 Å². The molecule has 10 heteroatoms. The van der Waals surface area contributed by atoms with Crippen LogP contribution < -0.4 is 10.6 Å². The van der Waals surface area contributed by atoms with E-state index in [1.54, 1.807) is 18.5 Å². The number of rotatable bonds is 5. The van der Waals surface area contributed by atoms with Crippen LogP contribution in [-0.2, 0) is 4.79 Å². The monoisotopic (exact) mass is 455 g/mol. The van der Waals surface area contributed by atoms with Crippen molar-refractivity contribution >= 4 is 36.6 Å². The van der Waals surface area contributed by atoms with Crippen molar-refractivity contribution in [2.45, 2.75) is 31.7 Å². The van der Waals surface area contributed by atoms with E-state index in [4.69, 9.17) is 4.52 Å². The summed E-state index contributed by atoms with van der Waals surface area (Å²) < 4.78 is 5.34. The maximum absolute atomic E-state index is 12.8. The lowest BCUT2D eigenvalue weighted by molar-refractivity contribution is -0.123. The minimum atomic E-state index is -0.127. The Morgan fingerprint density at radius 1 is 1.20 bits per heavy atom. The molecular weight excluding hydrogens is 429 g/mol. The van der Waals surface area contributed by atoms with Gasteiger partial charge in [-0.05, 0) is 50.3 Å². The average molecular weight is 456 g/mol. The summed E-state index contributed by atoms with van der Waals surface area (Å²) in [5.74, 6) is 0.752. The molecule has 2 aromatic heterocycles. The molecule has 0 radical (unpaired) electrons. The van der Waals surface area contributed by atoms with Crippen LogP contribution in [0.1, 0.15) is 36.2 Å². The van der Waals surface area contributed by atoms with Gasteiger partial charge in [-0.15, -0.1) is 24.8 Å². The average Bonchev–Trinajstić information content (AvgIpc) is 3.45. The molecule has 2 atom stereocenters. The number of carbonyl (C=O) groups excluding carboxylic acids is 2. The summed E-state index contributed by atoms with van der Waals surface area (Å²) >= 11 is 0. The van der Waals surface area contributed by atoms with Crippen LogP contribution >= 0.6 is 24.8 Å². The number of carbonyl (C=O) groups is 2. The fraction of sp³-hybridized carbons (Fsp3) is 0.500. The van der Waals surface area contributed by atoms with Crippen LogP contribution in [0.25, 0.3) is 11.3 Å². The molecule has 164 valence electrons. The van der Waals surface area contributed by atoms with Crippen molar-refractivity contribution in [2.24, 2.45) is 5.92 Å². The summed E-state index contributed by atoms with van der Waals surface area (Å²) in [6.45, 7) is 2.82. The van der Waals surface area contributed by atoms with Crippen LogP contribution in [-0.4, -0.2) is 59.1 Å². The van der Waals surface area contributed by atoms with Gasteiger partial charge in [0.1, 0.15) is 0 Å². The Balaban J connectivity index is 0.00000160. The number of amides is 2. The van der Waals surface area contributed by atoms with Crippen LogP contribution in [0, 0.1) is 5.92 Å². The molecule has 2 aliphatic heterocycles. The van der Waals surface area contributed by atoms with Gasteiger partial charge in [0.25, 0.3) is 5.91 Å². The zero-order valence-corrected chi connectivity index (χ0v) is 18.2. The Morgan fingerprint density at radius 2 is 2.00 bits per heavy atom. The molecule has 30 heavy (non-hydrogen) atoms. The highest BCUT2D eigenvalue weighted by molar-refractivity contribution is 5.93. The second-order valence-electron chi connectivity index (χ2n) is 7.47. The maximum atomic E-state index is 12.8. The molecule has 0 bridgehead atoms. The molecule has 8 nitrogen and oxygen atoms in total. The van der Waals surface area contributed by atoms with E-state index in [2.05, 4.69) is 20.8 Å². The van der Waals surface area contributed by atoms with Crippen LogP contribution in [0.5, 0.6) is 0 Å². The molecule has 2 fully saturated rings. The number of likely N-dealkylation sites (tertiary alicyclic amines) is 1. The lowest BCUT2D eigenvalue weighted by atomic mass is 9.97. The molecule has 2 N–H and O–H groups in total. The number of halogens is 2. The van der Waals surface area contributed by atoms with Gasteiger partial charge in [0, 0.05) is 43.7 Å². The van der Waals surface area contributed by atoms with E-state index in [0.717, 1.165) is 37.8 Å². The number of aromatic nitrogens is 2. The Hall–Kier alpha value is -2.16. The van der Waals surface area contributed by atoms with Gasteiger partial charge in [-0.3, -0.25) is 14.6 Å². The van der Waals surface area contributed by atoms with Crippen molar-refractivity contribution in [3.8, 4) is 11.3 Å². The number of hydrogen-bond acceptors (Lipinski definition) is 6. The SMILES string of the molecule is Cl.Cl.O=C(NCC1CCCN(C(=O)c2cc(-c3ccncc3)on2)C1)C1CCCN1. The first kappa shape index (κ1) is 24.1. The third-order valence-electron chi connectivity index (χ3n) is 5.44. The zero-order valence-electron chi connectivity index (χ0n) is 16.6. The molecule has 4 rings (SSSR count). The lowest BCUT2D eigenvalue weighted by Crippen LogP contribution is -2.46. The van der Waals surface area contributed by atoms with Gasteiger partial charge in [0.2, 0.25) is 5.91 Å². The van der Waals surface area contributed by atoms with Crippen molar-refractivity contribution in [2.75, 3.05) is 26.2 Å². The van der Waals surface area contributed by atoms with Crippen molar-refractivity contribution in [1.29, 1.82) is 0 Å². The van der Waals surface area contributed by atoms with Gasteiger partial charge >= 0.3 is 0 Å². The van der Waals surface area contributed by atoms with Crippen LogP contribution in [0.15, 0.2) is 35.1 Å². The summed E-state index contributed by atoms with van der Waals surface area (Å²) in [7, 11) is 0. The summed E-state index contributed by atoms with van der Waals surface area (Å²) in [6.07, 6.45) is 7.20. The van der Waals surface area contributed by atoms with E-state index in [0.29, 0.717) is 31.1 Å². The predicted octanol–water partition coefficient (Wildman–Crippen LogP) is 2.30. The second-order valence-corrected chi connectivity index (χ2v) is 7.47. The quantitative estimate of drug-likeness (QED) is 0.716. The van der Waals surface area contributed by atoms with Gasteiger partial charge in [0.15, 0.2) is 11.5 Å². The fourth-order valence-electron chi connectivity index (χ4n) is 3.88. The number of hydrogen-bond donors (Lipinski definition) is 2. The largest absolute Gasteiger partial charge is 0.355 e. The molecule has 0 aromatic carbocycles. The standard InChI is InChI=1S/C20H25N5O3.2ClH/c26-19(16-4-1-7-22-16)23-12-14-3-2-10-25(13-14)20(27)17-11-18(28-24-17)15-5-8-21-9-6-15;;/h5-6,8-9,11,14,16,22H,1-4,7,10,12-13H2,(H,23,26);2*1H. The topological polar surface area (TPSA) is 100 Å². The highest BCUT2D eigenvalue weighted by Gasteiger charge is 2.28. The third kappa shape index (κ3) is 5.71. The normalized spacial score (nSPS) is 20.7. The summed E-state index contributed by atoms with van der Waals surface area (Å²) in [5, 5.41) is 10.2. The first-order valence-electron chi connectivity index (χ1n) is 9.88. The molecule has 2 amide bonds. The van der Waals surface area contributed by atoms with Gasteiger partial charge in [-0.1, -0.05) is 5.16 Å². The molecule has 0 saturated carbocycles. The first-order chi connectivity index (χ1) is 13.7. The van der Waals surface area contributed by atoms with E-state index in [1.807, 2.05) is 17.0 Å². The Bertz CT molecular complexity index is 827. The van der Waals surface area contributed by atoms with Gasteiger partial charge in [-0.2, -0.15) is 0 Å². The molecule has 2 saturated heterocycles. The first-order valence-corrected chi connectivity index (χ1v) is 9.88. The van der Waals surface area contributed by atoms with Crippen molar-refractivity contribution in [3.63, 3.8) is 0 Å². The number of nitrogens with zero attached hydrogens (tertiary/aromatic N) is 3. The molecule has 2 unspecified atom stereocenters. The fourth-order valence-corrected chi connectivity index (χ4v) is 3.88. The van der Waals surface area contributed by atoms with Crippen LogP contribution in [0.4, 0.5) is 0 Å². The molecule has 0 aliphatic carbocycles. The highest BCUT2D eigenvalue weighted by atomic mass is 35.5. The Morgan fingerprint density at radius 3 is 2.73 bits per heavy atom. The third-order valence-corrected chi connectivity index (χ3v) is 5.44. The van der Waals surface area contributed by atoms with Crippen molar-refractivity contribution in [1.82, 2.24) is 25.7 Å². The van der Waals surface area contributed by atoms with E-state index < -0.39 is 0 Å². The number of piperidine rings is 1. The second kappa shape index (κ2) is 11.3. The van der Waals surface area contributed by atoms with Gasteiger partial charge in [-0.25, -0.2) is 0 Å². The van der Waals surface area contributed by atoms with Gasteiger partial charge in [0.05, 0.1) is 6.04 Å². The molecule has 2 aromatic rings. The van der Waals surface area contributed by atoms with E-state index in [1.165, 1.54) is 0 Å². The lowest BCUT2D eigenvalue weighted by Gasteiger charge is -2.32. The van der Waals surface area contributed by atoms with E-state index in [-0.39, 0.29) is 48.6 Å². The minimum Gasteiger partial charge on any atom is -0.355 e. The van der Waals surface area contributed by atoms with Crippen LogP contribution in [0.3, 0.4) is 0 Å². The zero-order chi connectivity index (χ0) is 19.3. The molecular formula is C20H27Cl2N5O3. The summed E-state index contributed by atoms with van der Waals surface area (Å²) in [6, 6.07) is 5.23. The molecule has 2 aliphatic rings. The Kier molecular flexibility index (Phi) is 9.08. The summed E-state index contributed by atoms with van der Waals surface area (Å²) in [4.78, 5) is 30.8. The summed E-state index contributed by atoms with van der Waals surface area (Å²) in [5.41, 5.74) is 1.15. The number of nitrogens with one attached hydrogen (secondary N) is 2. The highest BCUT2D eigenvalue weighted by Crippen LogP contribution is 2.22. The maximum Gasteiger partial charge on any atom is 0.276 e. The molecule has 0 spiro atoms. The Labute approximate surface area is 188 Å². The van der Waals surface area contributed by atoms with Crippen LogP contribution in [0.2, 0.25) is 0 Å². The van der Waals surface area contributed by atoms with Crippen molar-refractivity contribution < 1.29 is 14.1 Å². The minimum absolute atomic E-state index is 0. The predicted molar refractivity (Wildman–Crippen MR) is 117 cm³/mol. The van der Waals surface area contributed by atoms with Gasteiger partial charge < -0.3 is 20.1 Å². The molecule has 4 heterocycles.